The Morgan fingerprint density at radius 1 is 1.57 bits per heavy atom. The Labute approximate surface area is 86.3 Å². The molecule has 0 atom stereocenters. The van der Waals surface area contributed by atoms with E-state index in [1.165, 1.54) is 0 Å². The highest BCUT2D eigenvalue weighted by atomic mass is 35.5. The molecule has 72 valence electrons. The maximum atomic E-state index is 10.4. The lowest BCUT2D eigenvalue weighted by atomic mass is 10.2. The van der Waals surface area contributed by atoms with E-state index < -0.39 is 0 Å². The van der Waals surface area contributed by atoms with Gasteiger partial charge in [0.05, 0.1) is 22.8 Å². The molecule has 0 N–H and O–H groups in total. The predicted molar refractivity (Wildman–Crippen MR) is 55.5 cm³/mol. The summed E-state index contributed by atoms with van der Waals surface area (Å²) >= 11 is 6.03. The van der Waals surface area contributed by atoms with Gasteiger partial charge in [0.2, 0.25) is 0 Å². The molecule has 2 rings (SSSR count). The molecule has 0 amide bonds. The summed E-state index contributed by atoms with van der Waals surface area (Å²) in [6.45, 7) is 2.15. The van der Waals surface area contributed by atoms with Crippen LogP contribution in [0.4, 0.5) is 0 Å². The standard InChI is InChI=1S/C10H9ClN2O/c1-7-10-8(11)3-2-4-9(10)13(12-7)5-6-14/h2-4,6H,5H2,1H3. The predicted octanol–water partition coefficient (Wildman–Crippen LogP) is 2.20. The Morgan fingerprint density at radius 3 is 3.07 bits per heavy atom. The molecule has 4 heteroatoms. The van der Waals surface area contributed by atoms with Gasteiger partial charge < -0.3 is 4.79 Å². The second-order valence-electron chi connectivity index (χ2n) is 3.07. The molecule has 0 saturated heterocycles. The van der Waals surface area contributed by atoms with E-state index in [0.29, 0.717) is 5.02 Å². The van der Waals surface area contributed by atoms with Crippen LogP contribution in [0.25, 0.3) is 10.9 Å². The van der Waals surface area contributed by atoms with Crippen LogP contribution in [-0.2, 0) is 11.3 Å². The average Bonchev–Trinajstić information content (AvgIpc) is 2.46. The van der Waals surface area contributed by atoms with Crippen LogP contribution in [0.1, 0.15) is 5.69 Å². The van der Waals surface area contributed by atoms with E-state index in [0.717, 1.165) is 22.9 Å². The SMILES string of the molecule is Cc1nn(CC=O)c2cccc(Cl)c12. The van der Waals surface area contributed by atoms with Crippen molar-refractivity contribution in [1.82, 2.24) is 9.78 Å². The molecule has 3 nitrogen and oxygen atoms in total. The van der Waals surface area contributed by atoms with Crippen molar-refractivity contribution in [3.8, 4) is 0 Å². The fourth-order valence-electron chi connectivity index (χ4n) is 1.58. The minimum atomic E-state index is 0.269. The first kappa shape index (κ1) is 9.21. The van der Waals surface area contributed by atoms with Crippen molar-refractivity contribution in [3.63, 3.8) is 0 Å². The monoisotopic (exact) mass is 208 g/mol. The van der Waals surface area contributed by atoms with Crippen LogP contribution in [-0.4, -0.2) is 16.1 Å². The number of carbonyl (C=O) groups is 1. The van der Waals surface area contributed by atoms with E-state index in [-0.39, 0.29) is 6.54 Å². The van der Waals surface area contributed by atoms with Crippen LogP contribution in [0, 0.1) is 6.92 Å². The highest BCUT2D eigenvalue weighted by Gasteiger charge is 2.08. The number of aromatic nitrogens is 2. The van der Waals surface area contributed by atoms with Crippen LogP contribution in [0.15, 0.2) is 18.2 Å². The third-order valence-electron chi connectivity index (χ3n) is 2.15. The second kappa shape index (κ2) is 3.42. The van der Waals surface area contributed by atoms with Crippen LogP contribution < -0.4 is 0 Å². The van der Waals surface area contributed by atoms with Crippen molar-refractivity contribution in [3.05, 3.63) is 28.9 Å². The lowest BCUT2D eigenvalue weighted by molar-refractivity contribution is -0.108. The van der Waals surface area contributed by atoms with E-state index in [2.05, 4.69) is 5.10 Å². The van der Waals surface area contributed by atoms with Gasteiger partial charge in [-0.3, -0.25) is 4.68 Å². The Hall–Kier alpha value is -1.35. The fourth-order valence-corrected chi connectivity index (χ4v) is 1.89. The summed E-state index contributed by atoms with van der Waals surface area (Å²) < 4.78 is 1.66. The normalized spacial score (nSPS) is 10.7. The highest BCUT2D eigenvalue weighted by Crippen LogP contribution is 2.25. The van der Waals surface area contributed by atoms with Gasteiger partial charge in [0.1, 0.15) is 6.29 Å². The smallest absolute Gasteiger partial charge is 0.141 e. The summed E-state index contributed by atoms with van der Waals surface area (Å²) in [5.41, 5.74) is 1.76. The lowest BCUT2D eigenvalue weighted by Crippen LogP contribution is -2.00. The zero-order valence-electron chi connectivity index (χ0n) is 7.70. The van der Waals surface area contributed by atoms with Crippen molar-refractivity contribution >= 4 is 28.8 Å². The largest absolute Gasteiger partial charge is 0.301 e. The Balaban J connectivity index is 2.77. The summed E-state index contributed by atoms with van der Waals surface area (Å²) in [6.07, 6.45) is 0.826. The van der Waals surface area contributed by atoms with Crippen LogP contribution >= 0.6 is 11.6 Å². The summed E-state index contributed by atoms with van der Waals surface area (Å²) in [4.78, 5) is 10.4. The summed E-state index contributed by atoms with van der Waals surface area (Å²) in [7, 11) is 0. The number of hydrogen-bond acceptors (Lipinski definition) is 2. The Bertz CT molecular complexity index is 490. The molecule has 0 aliphatic rings. The van der Waals surface area contributed by atoms with Crippen LogP contribution in [0.3, 0.4) is 0 Å². The average molecular weight is 209 g/mol. The molecule has 2 aromatic rings. The molecule has 1 aromatic heterocycles. The summed E-state index contributed by atoms with van der Waals surface area (Å²) in [5, 5.41) is 5.85. The van der Waals surface area contributed by atoms with Gasteiger partial charge in [0.25, 0.3) is 0 Å². The molecule has 0 saturated carbocycles. The zero-order valence-corrected chi connectivity index (χ0v) is 8.45. The van der Waals surface area contributed by atoms with E-state index in [1.54, 1.807) is 4.68 Å². The third kappa shape index (κ3) is 1.30. The molecule has 14 heavy (non-hydrogen) atoms. The molecule has 0 bridgehead atoms. The molecule has 1 aromatic carbocycles. The summed E-state index contributed by atoms with van der Waals surface area (Å²) in [6, 6.07) is 5.58. The molecule has 0 spiro atoms. The molecular formula is C10H9ClN2O. The fraction of sp³-hybridized carbons (Fsp3) is 0.200. The van der Waals surface area contributed by atoms with Crippen molar-refractivity contribution in [2.45, 2.75) is 13.5 Å². The third-order valence-corrected chi connectivity index (χ3v) is 2.46. The molecule has 0 radical (unpaired) electrons. The first-order chi connectivity index (χ1) is 6.74. The number of benzene rings is 1. The van der Waals surface area contributed by atoms with Gasteiger partial charge in [-0.25, -0.2) is 0 Å². The van der Waals surface area contributed by atoms with Gasteiger partial charge in [0, 0.05) is 5.39 Å². The number of rotatable bonds is 2. The minimum Gasteiger partial charge on any atom is -0.301 e. The first-order valence-electron chi connectivity index (χ1n) is 4.29. The molecule has 0 unspecified atom stereocenters. The quantitative estimate of drug-likeness (QED) is 0.710. The number of aryl methyl sites for hydroxylation is 1. The summed E-state index contributed by atoms with van der Waals surface area (Å²) in [5.74, 6) is 0. The first-order valence-corrected chi connectivity index (χ1v) is 4.67. The number of halogens is 1. The second-order valence-corrected chi connectivity index (χ2v) is 3.48. The number of fused-ring (bicyclic) bond motifs is 1. The van der Waals surface area contributed by atoms with E-state index in [1.807, 2.05) is 25.1 Å². The van der Waals surface area contributed by atoms with Crippen molar-refractivity contribution in [2.75, 3.05) is 0 Å². The van der Waals surface area contributed by atoms with Gasteiger partial charge in [-0.05, 0) is 19.1 Å². The molecule has 1 heterocycles. The van der Waals surface area contributed by atoms with E-state index in [9.17, 15) is 4.79 Å². The van der Waals surface area contributed by atoms with Crippen molar-refractivity contribution in [2.24, 2.45) is 0 Å². The Kier molecular flexibility index (Phi) is 2.25. The maximum Gasteiger partial charge on any atom is 0.141 e. The molecule has 0 fully saturated rings. The number of carbonyl (C=O) groups excluding carboxylic acids is 1. The minimum absolute atomic E-state index is 0.269. The molecule has 0 aliphatic heterocycles. The van der Waals surface area contributed by atoms with Crippen LogP contribution in [0.2, 0.25) is 5.02 Å². The van der Waals surface area contributed by atoms with Crippen LogP contribution in [0.5, 0.6) is 0 Å². The molecule has 0 aliphatic carbocycles. The zero-order chi connectivity index (χ0) is 10.1. The lowest BCUT2D eigenvalue weighted by Gasteiger charge is -1.97. The number of hydrogen-bond donors (Lipinski definition) is 0. The number of nitrogens with zero attached hydrogens (tertiary/aromatic N) is 2. The topological polar surface area (TPSA) is 34.9 Å². The van der Waals surface area contributed by atoms with Gasteiger partial charge in [-0.1, -0.05) is 17.7 Å². The van der Waals surface area contributed by atoms with Gasteiger partial charge in [0.15, 0.2) is 0 Å². The Morgan fingerprint density at radius 2 is 2.36 bits per heavy atom. The van der Waals surface area contributed by atoms with Crippen molar-refractivity contribution < 1.29 is 4.79 Å². The van der Waals surface area contributed by atoms with Gasteiger partial charge in [-0.2, -0.15) is 5.10 Å². The molecular weight excluding hydrogens is 200 g/mol. The van der Waals surface area contributed by atoms with Crippen molar-refractivity contribution in [1.29, 1.82) is 0 Å². The maximum absolute atomic E-state index is 10.4. The number of aldehydes is 1. The van der Waals surface area contributed by atoms with E-state index >= 15 is 0 Å². The van der Waals surface area contributed by atoms with E-state index in [4.69, 9.17) is 11.6 Å². The highest BCUT2D eigenvalue weighted by molar-refractivity contribution is 6.35. The van der Waals surface area contributed by atoms with Gasteiger partial charge >= 0.3 is 0 Å². The van der Waals surface area contributed by atoms with Gasteiger partial charge in [-0.15, -0.1) is 0 Å².